The molecule has 3 aromatic rings. The van der Waals surface area contributed by atoms with Crippen LogP contribution in [0, 0.1) is 0 Å². The molecule has 0 saturated carbocycles. The minimum absolute atomic E-state index is 0.0495. The van der Waals surface area contributed by atoms with E-state index >= 15 is 0 Å². The number of rotatable bonds is 3. The van der Waals surface area contributed by atoms with Crippen molar-refractivity contribution in [2.75, 3.05) is 5.32 Å². The van der Waals surface area contributed by atoms with E-state index in [1.807, 2.05) is 24.5 Å². The zero-order valence-corrected chi connectivity index (χ0v) is 17.4. The average Bonchev–Trinajstić information content (AvgIpc) is 3.07. The molecule has 2 N–H and O–H groups in total. The van der Waals surface area contributed by atoms with Crippen LogP contribution < -0.4 is 5.32 Å². The Labute approximate surface area is 173 Å². The number of imidazole rings is 1. The van der Waals surface area contributed by atoms with Gasteiger partial charge in [0.05, 0.1) is 28.6 Å². The van der Waals surface area contributed by atoms with Crippen molar-refractivity contribution in [1.82, 2.24) is 9.55 Å². The molecule has 148 valence electrons. The van der Waals surface area contributed by atoms with Crippen molar-refractivity contribution >= 4 is 40.9 Å². The van der Waals surface area contributed by atoms with Gasteiger partial charge in [0.2, 0.25) is 0 Å². The molecule has 2 aliphatic rings. The van der Waals surface area contributed by atoms with Crippen molar-refractivity contribution in [3.05, 3.63) is 53.9 Å². The minimum Gasteiger partial charge on any atom is -0.386 e. The number of hydrogen-bond donors (Lipinski definition) is 2. The zero-order valence-electron chi connectivity index (χ0n) is 16.6. The summed E-state index contributed by atoms with van der Waals surface area (Å²) >= 11 is 1.75. The van der Waals surface area contributed by atoms with Crippen LogP contribution in [0.3, 0.4) is 0 Å². The Morgan fingerprint density at radius 1 is 1.21 bits per heavy atom. The number of nitrogens with one attached hydrogen (secondary N) is 1. The summed E-state index contributed by atoms with van der Waals surface area (Å²) in [6.45, 7) is 6.38. The molecule has 6 nitrogen and oxygen atoms in total. The Balaban J connectivity index is 1.44. The summed E-state index contributed by atoms with van der Waals surface area (Å²) in [6, 6.07) is 12.5. The molecule has 0 radical (unpaired) electrons. The Bertz CT molecular complexity index is 1160. The molecule has 0 amide bonds. The lowest BCUT2D eigenvalue weighted by Crippen LogP contribution is -2.46. The van der Waals surface area contributed by atoms with Gasteiger partial charge in [-0.3, -0.25) is 9.98 Å². The number of nitrogens with zero attached hydrogens (tertiary/aromatic N) is 4. The second-order valence-electron chi connectivity index (χ2n) is 8.28. The van der Waals surface area contributed by atoms with Gasteiger partial charge < -0.3 is 15.0 Å². The van der Waals surface area contributed by atoms with Gasteiger partial charge in [0.1, 0.15) is 5.37 Å². The van der Waals surface area contributed by atoms with Gasteiger partial charge in [-0.05, 0) is 56.2 Å². The van der Waals surface area contributed by atoms with Crippen molar-refractivity contribution in [2.24, 2.45) is 9.98 Å². The van der Waals surface area contributed by atoms with E-state index in [4.69, 9.17) is 0 Å². The molecule has 3 heterocycles. The van der Waals surface area contributed by atoms with E-state index in [1.54, 1.807) is 38.0 Å². The molecule has 0 bridgehead atoms. The maximum atomic E-state index is 10.2. The van der Waals surface area contributed by atoms with E-state index < -0.39 is 11.3 Å². The number of aromatic nitrogens is 2. The number of anilines is 1. The molecule has 2 aliphatic heterocycles. The summed E-state index contributed by atoms with van der Waals surface area (Å²) in [6.07, 6.45) is 5.39. The summed E-state index contributed by atoms with van der Waals surface area (Å²) in [5, 5.41) is 13.9. The first-order valence-electron chi connectivity index (χ1n) is 9.64. The molecule has 2 atom stereocenters. The lowest BCUT2D eigenvalue weighted by Gasteiger charge is -2.39. The largest absolute Gasteiger partial charge is 0.386 e. The lowest BCUT2D eigenvalue weighted by atomic mass is 9.98. The van der Waals surface area contributed by atoms with Gasteiger partial charge in [-0.15, -0.1) is 0 Å². The van der Waals surface area contributed by atoms with Crippen LogP contribution in [0.1, 0.15) is 31.9 Å². The van der Waals surface area contributed by atoms with Crippen LogP contribution in [-0.4, -0.2) is 38.1 Å². The summed E-state index contributed by atoms with van der Waals surface area (Å²) in [5.74, 6) is 0. The highest BCUT2D eigenvalue weighted by Crippen LogP contribution is 2.44. The van der Waals surface area contributed by atoms with Crippen molar-refractivity contribution in [2.45, 2.75) is 48.8 Å². The van der Waals surface area contributed by atoms with Gasteiger partial charge in [0.25, 0.3) is 0 Å². The molecule has 2 aromatic carbocycles. The maximum absolute atomic E-state index is 10.2. The molecule has 5 rings (SSSR count). The number of hydrogen-bond acceptors (Lipinski definition) is 6. The van der Waals surface area contributed by atoms with Gasteiger partial charge in [0.15, 0.2) is 5.66 Å². The molecule has 0 spiro atoms. The maximum Gasteiger partial charge on any atom is 0.159 e. The molecular formula is C22H23N5OS. The van der Waals surface area contributed by atoms with Gasteiger partial charge in [-0.2, -0.15) is 0 Å². The second-order valence-corrected chi connectivity index (χ2v) is 9.41. The smallest absolute Gasteiger partial charge is 0.159 e. The van der Waals surface area contributed by atoms with Crippen LogP contribution in [0.5, 0.6) is 0 Å². The van der Waals surface area contributed by atoms with Gasteiger partial charge in [-0.25, -0.2) is 4.98 Å². The zero-order chi connectivity index (χ0) is 20.2. The molecule has 7 heteroatoms. The topological polar surface area (TPSA) is 74.8 Å². The predicted molar refractivity (Wildman–Crippen MR) is 119 cm³/mol. The third kappa shape index (κ3) is 3.24. The van der Waals surface area contributed by atoms with Crippen LogP contribution in [-0.2, 0) is 12.1 Å². The van der Waals surface area contributed by atoms with E-state index in [2.05, 4.69) is 50.0 Å². The minimum atomic E-state index is -0.876. The normalized spacial score (nSPS) is 23.0. The number of fused-ring (bicyclic) bond motifs is 3. The monoisotopic (exact) mass is 405 g/mol. The number of aliphatic imine (C=N–C) groups is 2. The Hall–Kier alpha value is -2.64. The fourth-order valence-corrected chi connectivity index (χ4v) is 4.89. The molecule has 1 aromatic heterocycles. The Morgan fingerprint density at radius 2 is 2.07 bits per heavy atom. The van der Waals surface area contributed by atoms with E-state index in [1.165, 1.54) is 10.5 Å². The SMILES string of the molecule is CC(C)(O)c1ccc2c(c1)ncn2Cc1ccc2c(c1)NC1(C)N=CC=NC1S2. The van der Waals surface area contributed by atoms with Crippen LogP contribution in [0.2, 0.25) is 0 Å². The van der Waals surface area contributed by atoms with Crippen molar-refractivity contribution in [1.29, 1.82) is 0 Å². The fourth-order valence-electron chi connectivity index (χ4n) is 3.79. The van der Waals surface area contributed by atoms with Crippen LogP contribution in [0.25, 0.3) is 11.0 Å². The third-order valence-corrected chi connectivity index (χ3v) is 6.88. The van der Waals surface area contributed by atoms with Crippen molar-refractivity contribution in [3.63, 3.8) is 0 Å². The second kappa shape index (κ2) is 6.43. The standard InChI is InChI=1S/C22H23N5OS/c1-21(2,28)15-5-6-18-16(11-15)24-13-27(18)12-14-4-7-19-17(10-14)26-22(3)20(29-19)23-8-9-25-22/h4-11,13,20,26,28H,12H2,1-3H3. The van der Waals surface area contributed by atoms with Gasteiger partial charge in [0, 0.05) is 23.9 Å². The van der Waals surface area contributed by atoms with Crippen molar-refractivity contribution in [3.8, 4) is 0 Å². The molecular weight excluding hydrogens is 382 g/mol. The van der Waals surface area contributed by atoms with Gasteiger partial charge >= 0.3 is 0 Å². The highest BCUT2D eigenvalue weighted by atomic mass is 32.2. The highest BCUT2D eigenvalue weighted by Gasteiger charge is 2.39. The molecule has 0 saturated heterocycles. The quantitative estimate of drug-likeness (QED) is 0.690. The third-order valence-electron chi connectivity index (χ3n) is 5.46. The first kappa shape index (κ1) is 18.4. The summed E-state index contributed by atoms with van der Waals surface area (Å²) < 4.78 is 2.13. The molecule has 0 aliphatic carbocycles. The summed E-state index contributed by atoms with van der Waals surface area (Å²) in [7, 11) is 0. The molecule has 2 unspecified atom stereocenters. The number of thioether (sulfide) groups is 1. The van der Waals surface area contributed by atoms with E-state index in [-0.39, 0.29) is 5.37 Å². The number of aliphatic hydroxyl groups is 1. The first-order valence-corrected chi connectivity index (χ1v) is 10.5. The Morgan fingerprint density at radius 3 is 2.90 bits per heavy atom. The van der Waals surface area contributed by atoms with Gasteiger partial charge in [-0.1, -0.05) is 23.9 Å². The van der Waals surface area contributed by atoms with E-state index in [9.17, 15) is 5.11 Å². The van der Waals surface area contributed by atoms with Crippen LogP contribution in [0.4, 0.5) is 5.69 Å². The highest BCUT2D eigenvalue weighted by molar-refractivity contribution is 8.00. The van der Waals surface area contributed by atoms with Crippen LogP contribution >= 0.6 is 11.8 Å². The average molecular weight is 406 g/mol. The number of benzene rings is 2. The molecule has 29 heavy (non-hydrogen) atoms. The van der Waals surface area contributed by atoms with Crippen molar-refractivity contribution < 1.29 is 5.11 Å². The summed E-state index contributed by atoms with van der Waals surface area (Å²) in [5.41, 5.74) is 3.79. The Kier molecular flexibility index (Phi) is 4.08. The van der Waals surface area contributed by atoms with E-state index in [0.29, 0.717) is 0 Å². The fraction of sp³-hybridized carbons (Fsp3) is 0.318. The molecule has 0 fully saturated rings. The van der Waals surface area contributed by atoms with Crippen LogP contribution in [0.15, 0.2) is 57.6 Å². The first-order chi connectivity index (χ1) is 13.8. The van der Waals surface area contributed by atoms with E-state index in [0.717, 1.165) is 28.8 Å². The predicted octanol–water partition coefficient (Wildman–Crippen LogP) is 4.03. The lowest BCUT2D eigenvalue weighted by molar-refractivity contribution is 0.0787. The summed E-state index contributed by atoms with van der Waals surface area (Å²) in [4.78, 5) is 14.9.